The van der Waals surface area contributed by atoms with Crippen LogP contribution in [0.5, 0.6) is 5.75 Å². The first-order valence-corrected chi connectivity index (χ1v) is 7.31. The van der Waals surface area contributed by atoms with Gasteiger partial charge in [-0.15, -0.1) is 0 Å². The van der Waals surface area contributed by atoms with E-state index in [0.29, 0.717) is 18.8 Å². The van der Waals surface area contributed by atoms with Crippen LogP contribution in [0.1, 0.15) is 18.4 Å². The number of hydrogen-bond donors (Lipinski definition) is 1. The van der Waals surface area contributed by atoms with E-state index in [2.05, 4.69) is 0 Å². The summed E-state index contributed by atoms with van der Waals surface area (Å²) in [6, 6.07) is 7.54. The number of rotatable bonds is 6. The van der Waals surface area contributed by atoms with Crippen molar-refractivity contribution < 1.29 is 19.4 Å². The van der Waals surface area contributed by atoms with Gasteiger partial charge in [0, 0.05) is 24.6 Å². The Bertz CT molecular complexity index is 559. The second-order valence-electron chi connectivity index (χ2n) is 5.82. The van der Waals surface area contributed by atoms with Crippen LogP contribution in [-0.4, -0.2) is 66.6 Å². The smallest absolute Gasteiger partial charge is 0.323 e. The molecule has 1 aliphatic rings. The Hall–Kier alpha value is -2.08. The predicted molar refractivity (Wildman–Crippen MR) is 82.0 cm³/mol. The number of para-hydroxylation sites is 1. The molecule has 0 aromatic heterocycles. The van der Waals surface area contributed by atoms with Gasteiger partial charge in [0.05, 0.1) is 0 Å². The molecule has 0 aliphatic carbocycles. The highest BCUT2D eigenvalue weighted by Crippen LogP contribution is 2.38. The molecule has 0 spiro atoms. The Labute approximate surface area is 130 Å². The van der Waals surface area contributed by atoms with Crippen LogP contribution < -0.4 is 4.74 Å². The van der Waals surface area contributed by atoms with Crippen LogP contribution in [0.4, 0.5) is 0 Å². The molecule has 1 aromatic carbocycles. The zero-order valence-electron chi connectivity index (χ0n) is 13.2. The van der Waals surface area contributed by atoms with E-state index in [1.54, 1.807) is 0 Å². The number of amides is 1. The zero-order valence-corrected chi connectivity index (χ0v) is 13.2. The van der Waals surface area contributed by atoms with Gasteiger partial charge in [-0.3, -0.25) is 9.59 Å². The maximum absolute atomic E-state index is 12.7. The number of hydrogen-bond acceptors (Lipinski definition) is 4. The maximum atomic E-state index is 12.7. The summed E-state index contributed by atoms with van der Waals surface area (Å²) < 4.78 is 5.75. The van der Waals surface area contributed by atoms with E-state index in [4.69, 9.17) is 9.84 Å². The number of carbonyl (C=O) groups is 2. The van der Waals surface area contributed by atoms with Crippen molar-refractivity contribution in [2.75, 3.05) is 33.7 Å². The SMILES string of the molecule is CC1c2ccccc2OC1C(=O)N(CCN(C)C)CC(=O)O. The average Bonchev–Trinajstić information content (AvgIpc) is 2.80. The molecular weight excluding hydrogens is 284 g/mol. The molecule has 22 heavy (non-hydrogen) atoms. The molecule has 6 nitrogen and oxygen atoms in total. The molecule has 1 heterocycles. The molecule has 120 valence electrons. The van der Waals surface area contributed by atoms with E-state index in [1.807, 2.05) is 50.2 Å². The van der Waals surface area contributed by atoms with Crippen LogP contribution in [0.15, 0.2) is 24.3 Å². The topological polar surface area (TPSA) is 70.1 Å². The summed E-state index contributed by atoms with van der Waals surface area (Å²) in [7, 11) is 3.77. The Kier molecular flexibility index (Phi) is 5.03. The average molecular weight is 306 g/mol. The molecule has 2 rings (SSSR count). The third kappa shape index (κ3) is 3.57. The number of carboxylic acid groups (broad SMARTS) is 1. The number of nitrogens with zero attached hydrogens (tertiary/aromatic N) is 2. The Morgan fingerprint density at radius 3 is 2.50 bits per heavy atom. The number of carbonyl (C=O) groups excluding carboxylic acids is 1. The largest absolute Gasteiger partial charge is 0.480 e. The summed E-state index contributed by atoms with van der Waals surface area (Å²) in [5, 5.41) is 9.03. The van der Waals surface area contributed by atoms with E-state index in [-0.39, 0.29) is 18.4 Å². The van der Waals surface area contributed by atoms with Crippen molar-refractivity contribution in [3.05, 3.63) is 29.8 Å². The molecular formula is C16H22N2O4. The van der Waals surface area contributed by atoms with Gasteiger partial charge in [-0.05, 0) is 20.2 Å². The third-order valence-corrected chi connectivity index (χ3v) is 3.82. The van der Waals surface area contributed by atoms with Crippen molar-refractivity contribution >= 4 is 11.9 Å². The summed E-state index contributed by atoms with van der Waals surface area (Å²) in [6.45, 7) is 2.59. The Morgan fingerprint density at radius 1 is 1.23 bits per heavy atom. The number of fused-ring (bicyclic) bond motifs is 1. The molecule has 1 N–H and O–H groups in total. The fraction of sp³-hybridized carbons (Fsp3) is 0.500. The molecule has 0 saturated heterocycles. The Balaban J connectivity index is 2.12. The van der Waals surface area contributed by atoms with Gasteiger partial charge in [0.25, 0.3) is 5.91 Å². The lowest BCUT2D eigenvalue weighted by molar-refractivity contribution is -0.148. The summed E-state index contributed by atoms with van der Waals surface area (Å²) in [5.41, 5.74) is 0.990. The van der Waals surface area contributed by atoms with Crippen LogP contribution in [0, 0.1) is 0 Å². The van der Waals surface area contributed by atoms with E-state index >= 15 is 0 Å². The van der Waals surface area contributed by atoms with Gasteiger partial charge >= 0.3 is 5.97 Å². The fourth-order valence-corrected chi connectivity index (χ4v) is 2.56. The van der Waals surface area contributed by atoms with Gasteiger partial charge < -0.3 is 19.6 Å². The summed E-state index contributed by atoms with van der Waals surface area (Å²) in [6.07, 6.45) is -0.654. The monoisotopic (exact) mass is 306 g/mol. The minimum Gasteiger partial charge on any atom is -0.480 e. The number of ether oxygens (including phenoxy) is 1. The van der Waals surface area contributed by atoms with Gasteiger partial charge in [0.1, 0.15) is 12.3 Å². The second kappa shape index (κ2) is 6.79. The van der Waals surface area contributed by atoms with Crippen LogP contribution in [0.25, 0.3) is 0 Å². The molecule has 0 radical (unpaired) electrons. The quantitative estimate of drug-likeness (QED) is 0.850. The second-order valence-corrected chi connectivity index (χ2v) is 5.82. The van der Waals surface area contributed by atoms with Crippen molar-refractivity contribution in [2.24, 2.45) is 0 Å². The van der Waals surface area contributed by atoms with Crippen molar-refractivity contribution in [1.82, 2.24) is 9.80 Å². The molecule has 6 heteroatoms. The fourth-order valence-electron chi connectivity index (χ4n) is 2.56. The first-order chi connectivity index (χ1) is 10.4. The van der Waals surface area contributed by atoms with Crippen LogP contribution in [-0.2, 0) is 9.59 Å². The van der Waals surface area contributed by atoms with Crippen molar-refractivity contribution in [3.8, 4) is 5.75 Å². The van der Waals surface area contributed by atoms with Crippen molar-refractivity contribution in [3.63, 3.8) is 0 Å². The van der Waals surface area contributed by atoms with E-state index in [1.165, 1.54) is 4.90 Å². The lowest BCUT2D eigenvalue weighted by atomic mass is 9.97. The highest BCUT2D eigenvalue weighted by molar-refractivity contribution is 5.86. The third-order valence-electron chi connectivity index (χ3n) is 3.82. The lowest BCUT2D eigenvalue weighted by Crippen LogP contribution is -2.47. The normalized spacial score (nSPS) is 19.6. The number of benzene rings is 1. The lowest BCUT2D eigenvalue weighted by Gasteiger charge is -2.26. The summed E-state index contributed by atoms with van der Waals surface area (Å²) >= 11 is 0. The first-order valence-electron chi connectivity index (χ1n) is 7.31. The summed E-state index contributed by atoms with van der Waals surface area (Å²) in [5.74, 6) is -0.668. The van der Waals surface area contributed by atoms with Gasteiger partial charge in [-0.1, -0.05) is 25.1 Å². The maximum Gasteiger partial charge on any atom is 0.323 e. The van der Waals surface area contributed by atoms with E-state index in [9.17, 15) is 9.59 Å². The van der Waals surface area contributed by atoms with Gasteiger partial charge in [0.2, 0.25) is 0 Å². The molecule has 1 aromatic rings. The molecule has 1 aliphatic heterocycles. The molecule has 0 saturated carbocycles. The molecule has 0 fully saturated rings. The van der Waals surface area contributed by atoms with Crippen LogP contribution in [0.2, 0.25) is 0 Å². The minimum atomic E-state index is -1.02. The van der Waals surface area contributed by atoms with Gasteiger partial charge in [-0.25, -0.2) is 0 Å². The van der Waals surface area contributed by atoms with Crippen LogP contribution >= 0.6 is 0 Å². The van der Waals surface area contributed by atoms with E-state index < -0.39 is 12.1 Å². The zero-order chi connectivity index (χ0) is 16.3. The highest BCUT2D eigenvalue weighted by atomic mass is 16.5. The minimum absolute atomic E-state index is 0.0839. The number of likely N-dealkylation sites (N-methyl/N-ethyl adjacent to an activating group) is 1. The first kappa shape index (κ1) is 16.3. The molecule has 2 atom stereocenters. The van der Waals surface area contributed by atoms with Gasteiger partial charge in [-0.2, -0.15) is 0 Å². The van der Waals surface area contributed by atoms with Gasteiger partial charge in [0.15, 0.2) is 6.10 Å². The van der Waals surface area contributed by atoms with Crippen molar-refractivity contribution in [2.45, 2.75) is 18.9 Å². The standard InChI is InChI=1S/C16H22N2O4/c1-11-12-6-4-5-7-13(12)22-15(11)16(21)18(10-14(19)20)9-8-17(2)3/h4-7,11,15H,8-10H2,1-3H3,(H,19,20). The van der Waals surface area contributed by atoms with E-state index in [0.717, 1.165) is 5.56 Å². The van der Waals surface area contributed by atoms with Crippen molar-refractivity contribution in [1.29, 1.82) is 0 Å². The number of carboxylic acids is 1. The summed E-state index contributed by atoms with van der Waals surface area (Å²) in [4.78, 5) is 27.0. The Morgan fingerprint density at radius 2 is 1.91 bits per heavy atom. The highest BCUT2D eigenvalue weighted by Gasteiger charge is 2.38. The number of aliphatic carboxylic acids is 1. The predicted octanol–water partition coefficient (Wildman–Crippen LogP) is 1.03. The molecule has 2 unspecified atom stereocenters. The molecule has 1 amide bonds. The molecule has 0 bridgehead atoms. The van der Waals surface area contributed by atoms with Crippen LogP contribution in [0.3, 0.4) is 0 Å².